The summed E-state index contributed by atoms with van der Waals surface area (Å²) in [5.41, 5.74) is 0.447. The van der Waals surface area contributed by atoms with Crippen LogP contribution in [0, 0.1) is 0 Å². The van der Waals surface area contributed by atoms with Gasteiger partial charge in [0, 0.05) is 13.2 Å². The number of benzene rings is 1. The number of carbonyl (C=O) groups is 1. The first-order chi connectivity index (χ1) is 10.7. The van der Waals surface area contributed by atoms with E-state index in [0.29, 0.717) is 17.4 Å². The van der Waals surface area contributed by atoms with Crippen molar-refractivity contribution < 1.29 is 9.53 Å². The molecule has 1 atom stereocenters. The fourth-order valence-corrected chi connectivity index (χ4v) is 2.67. The van der Waals surface area contributed by atoms with Crippen molar-refractivity contribution in [3.8, 4) is 0 Å². The molecule has 1 aliphatic heterocycles. The number of hydrogen-bond donors (Lipinski definition) is 1. The molecule has 1 aliphatic rings. The Hall–Kier alpha value is -2.21. The lowest BCUT2D eigenvalue weighted by atomic mass is 10.2. The van der Waals surface area contributed by atoms with E-state index in [9.17, 15) is 9.59 Å². The molecule has 116 valence electrons. The van der Waals surface area contributed by atoms with E-state index >= 15 is 0 Å². The molecule has 1 amide bonds. The van der Waals surface area contributed by atoms with Crippen LogP contribution in [0.3, 0.4) is 0 Å². The highest BCUT2D eigenvalue weighted by molar-refractivity contribution is 5.78. The summed E-state index contributed by atoms with van der Waals surface area (Å²) in [6.45, 7) is 1.37. The fourth-order valence-electron chi connectivity index (χ4n) is 2.67. The summed E-state index contributed by atoms with van der Waals surface area (Å²) < 4.78 is 6.84. The molecule has 1 aromatic heterocycles. The molecule has 0 bridgehead atoms. The van der Waals surface area contributed by atoms with Gasteiger partial charge < -0.3 is 10.1 Å². The van der Waals surface area contributed by atoms with Crippen LogP contribution in [0.5, 0.6) is 0 Å². The van der Waals surface area contributed by atoms with Gasteiger partial charge in [-0.15, -0.1) is 0 Å². The van der Waals surface area contributed by atoms with Crippen molar-refractivity contribution in [3.63, 3.8) is 0 Å². The summed E-state index contributed by atoms with van der Waals surface area (Å²) in [4.78, 5) is 28.4. The minimum atomic E-state index is -0.195. The summed E-state index contributed by atoms with van der Waals surface area (Å²) in [5.74, 6) is -0.183. The quantitative estimate of drug-likeness (QED) is 0.897. The molecular weight excluding hydrogens is 282 g/mol. The largest absolute Gasteiger partial charge is 0.378 e. The molecule has 1 aromatic carbocycles. The van der Waals surface area contributed by atoms with E-state index in [1.807, 2.05) is 6.07 Å². The lowest BCUT2D eigenvalue weighted by Gasteiger charge is -2.11. The number of ether oxygens (including phenoxy) is 1. The first kappa shape index (κ1) is 14.7. The Labute approximate surface area is 128 Å². The predicted molar refractivity (Wildman–Crippen MR) is 82.6 cm³/mol. The second-order valence-corrected chi connectivity index (χ2v) is 5.47. The van der Waals surface area contributed by atoms with Gasteiger partial charge in [0.15, 0.2) is 0 Å². The van der Waals surface area contributed by atoms with Crippen LogP contribution in [0.4, 0.5) is 0 Å². The number of aromatic nitrogens is 2. The zero-order valence-electron chi connectivity index (χ0n) is 12.3. The van der Waals surface area contributed by atoms with E-state index in [0.717, 1.165) is 25.9 Å². The third-order valence-electron chi connectivity index (χ3n) is 3.86. The van der Waals surface area contributed by atoms with Gasteiger partial charge in [-0.2, -0.15) is 0 Å². The molecule has 0 saturated carbocycles. The van der Waals surface area contributed by atoms with Gasteiger partial charge in [0.2, 0.25) is 5.91 Å². The molecule has 0 spiro atoms. The Morgan fingerprint density at radius 2 is 2.27 bits per heavy atom. The molecule has 1 N–H and O–H groups in total. The number of carbonyl (C=O) groups excluding carboxylic acids is 1. The Morgan fingerprint density at radius 1 is 1.41 bits per heavy atom. The molecule has 2 aromatic rings. The van der Waals surface area contributed by atoms with Crippen molar-refractivity contribution in [2.24, 2.45) is 0 Å². The van der Waals surface area contributed by atoms with Crippen LogP contribution in [0.2, 0.25) is 0 Å². The van der Waals surface area contributed by atoms with Crippen LogP contribution in [-0.2, 0) is 16.1 Å². The summed E-state index contributed by atoms with van der Waals surface area (Å²) in [6, 6.07) is 7.12. The zero-order chi connectivity index (χ0) is 15.4. The number of para-hydroxylation sites is 1. The maximum Gasteiger partial charge on any atom is 0.261 e. The Morgan fingerprint density at radius 3 is 3.09 bits per heavy atom. The molecule has 22 heavy (non-hydrogen) atoms. The van der Waals surface area contributed by atoms with Gasteiger partial charge in [0.05, 0.1) is 23.3 Å². The molecular formula is C16H19N3O3. The lowest BCUT2D eigenvalue weighted by Crippen LogP contribution is -2.33. The van der Waals surface area contributed by atoms with Gasteiger partial charge in [0.1, 0.15) is 6.54 Å². The second kappa shape index (κ2) is 6.70. The van der Waals surface area contributed by atoms with Crippen molar-refractivity contribution in [1.29, 1.82) is 0 Å². The molecule has 6 heteroatoms. The van der Waals surface area contributed by atoms with Gasteiger partial charge >= 0.3 is 0 Å². The number of hydrogen-bond acceptors (Lipinski definition) is 4. The third kappa shape index (κ3) is 3.33. The van der Waals surface area contributed by atoms with Crippen LogP contribution in [0.15, 0.2) is 35.4 Å². The predicted octanol–water partition coefficient (Wildman–Crippen LogP) is 1.08. The summed E-state index contributed by atoms with van der Waals surface area (Å²) in [5, 5.41) is 3.35. The SMILES string of the molecule is O=C(Cn1cnc2ccccc2c1=O)NCC[C@@H]1CCCO1. The molecule has 6 nitrogen and oxygen atoms in total. The van der Waals surface area contributed by atoms with Crippen molar-refractivity contribution in [1.82, 2.24) is 14.9 Å². The monoisotopic (exact) mass is 301 g/mol. The van der Waals surface area contributed by atoms with E-state index in [2.05, 4.69) is 10.3 Å². The van der Waals surface area contributed by atoms with E-state index in [1.165, 1.54) is 10.9 Å². The fraction of sp³-hybridized carbons (Fsp3) is 0.438. The Kier molecular flexibility index (Phi) is 4.48. The van der Waals surface area contributed by atoms with Gasteiger partial charge in [-0.3, -0.25) is 14.2 Å². The number of nitrogens with zero attached hydrogens (tertiary/aromatic N) is 2. The maximum atomic E-state index is 12.3. The average Bonchev–Trinajstić information content (AvgIpc) is 3.04. The first-order valence-electron chi connectivity index (χ1n) is 7.56. The standard InChI is InChI=1S/C16H19N3O3/c20-15(17-8-7-12-4-3-9-22-12)10-19-11-18-14-6-2-1-5-13(14)16(19)21/h1-2,5-6,11-12H,3-4,7-10H2,(H,17,20)/t12-/m0/s1. The van der Waals surface area contributed by atoms with E-state index in [4.69, 9.17) is 4.74 Å². The number of amides is 1. The summed E-state index contributed by atoms with van der Waals surface area (Å²) in [7, 11) is 0. The van der Waals surface area contributed by atoms with Crippen LogP contribution in [-0.4, -0.2) is 34.7 Å². The Bertz CT molecular complexity index is 720. The highest BCUT2D eigenvalue weighted by atomic mass is 16.5. The average molecular weight is 301 g/mol. The normalized spacial score (nSPS) is 17.7. The third-order valence-corrected chi connectivity index (χ3v) is 3.86. The maximum absolute atomic E-state index is 12.3. The minimum Gasteiger partial charge on any atom is -0.378 e. The number of fused-ring (bicyclic) bond motifs is 1. The highest BCUT2D eigenvalue weighted by Gasteiger charge is 2.15. The molecule has 3 rings (SSSR count). The molecule has 0 aliphatic carbocycles. The topological polar surface area (TPSA) is 73.2 Å². The summed E-state index contributed by atoms with van der Waals surface area (Å²) in [6.07, 6.45) is 4.65. The van der Waals surface area contributed by atoms with Crippen molar-refractivity contribution in [3.05, 3.63) is 40.9 Å². The molecule has 0 unspecified atom stereocenters. The van der Waals surface area contributed by atoms with Crippen molar-refractivity contribution >= 4 is 16.8 Å². The van der Waals surface area contributed by atoms with Gasteiger partial charge in [0.25, 0.3) is 5.56 Å². The number of rotatable bonds is 5. The van der Waals surface area contributed by atoms with Crippen LogP contribution in [0.25, 0.3) is 10.9 Å². The smallest absolute Gasteiger partial charge is 0.261 e. The second-order valence-electron chi connectivity index (χ2n) is 5.47. The molecule has 1 fully saturated rings. The van der Waals surface area contributed by atoms with Crippen molar-refractivity contribution in [2.75, 3.05) is 13.2 Å². The zero-order valence-corrected chi connectivity index (χ0v) is 12.3. The molecule has 2 heterocycles. The number of nitrogens with one attached hydrogen (secondary N) is 1. The van der Waals surface area contributed by atoms with Crippen molar-refractivity contribution in [2.45, 2.75) is 31.9 Å². The van der Waals surface area contributed by atoms with E-state index in [-0.39, 0.29) is 24.1 Å². The highest BCUT2D eigenvalue weighted by Crippen LogP contribution is 2.14. The van der Waals surface area contributed by atoms with Gasteiger partial charge in [-0.05, 0) is 31.4 Å². The van der Waals surface area contributed by atoms with Gasteiger partial charge in [-0.1, -0.05) is 12.1 Å². The van der Waals surface area contributed by atoms with Crippen LogP contribution >= 0.6 is 0 Å². The molecule has 1 saturated heterocycles. The summed E-state index contributed by atoms with van der Waals surface area (Å²) >= 11 is 0. The minimum absolute atomic E-state index is 0.0117. The first-order valence-corrected chi connectivity index (χ1v) is 7.56. The Balaban J connectivity index is 1.59. The van der Waals surface area contributed by atoms with Gasteiger partial charge in [-0.25, -0.2) is 4.98 Å². The molecule has 0 radical (unpaired) electrons. The van der Waals surface area contributed by atoms with E-state index in [1.54, 1.807) is 18.2 Å². The van der Waals surface area contributed by atoms with Crippen LogP contribution < -0.4 is 10.9 Å². The van der Waals surface area contributed by atoms with Crippen LogP contribution in [0.1, 0.15) is 19.3 Å². The van der Waals surface area contributed by atoms with E-state index < -0.39 is 0 Å². The lowest BCUT2D eigenvalue weighted by molar-refractivity contribution is -0.121.